The molecule has 1 saturated carbocycles. The number of benzene rings is 1. The number of nitrogens with one attached hydrogen (secondary N) is 1. The highest BCUT2D eigenvalue weighted by Crippen LogP contribution is 2.38. The normalized spacial score (nSPS) is 22.3. The Hall–Kier alpha value is -1.48. The van der Waals surface area contributed by atoms with Crippen LogP contribution in [-0.2, 0) is 16.1 Å². The molecule has 3 atom stereocenters. The zero-order chi connectivity index (χ0) is 21.6. The van der Waals surface area contributed by atoms with Gasteiger partial charge in [0.15, 0.2) is 0 Å². The predicted octanol–water partition coefficient (Wildman–Crippen LogP) is 3.88. The van der Waals surface area contributed by atoms with Crippen molar-refractivity contribution in [2.45, 2.75) is 76.1 Å². The van der Waals surface area contributed by atoms with Gasteiger partial charge in [0.1, 0.15) is 16.4 Å². The van der Waals surface area contributed by atoms with Gasteiger partial charge in [-0.2, -0.15) is 0 Å². The summed E-state index contributed by atoms with van der Waals surface area (Å²) in [6.45, 7) is 8.73. The number of ether oxygens (including phenoxy) is 1. The number of aromatic nitrogens is 2. The van der Waals surface area contributed by atoms with Gasteiger partial charge in [0, 0.05) is 35.5 Å². The first-order valence-corrected chi connectivity index (χ1v) is 11.8. The van der Waals surface area contributed by atoms with Crippen LogP contribution in [0, 0.1) is 5.82 Å². The van der Waals surface area contributed by atoms with Crippen molar-refractivity contribution < 1.29 is 13.7 Å². The third-order valence-electron chi connectivity index (χ3n) is 5.77. The Morgan fingerprint density at radius 1 is 1.33 bits per heavy atom. The third kappa shape index (κ3) is 4.28. The summed E-state index contributed by atoms with van der Waals surface area (Å²) < 4.78 is 37.1. The lowest BCUT2D eigenvalue weighted by atomic mass is 9.99. The maximum Gasteiger partial charge on any atom is 0.261 e. The van der Waals surface area contributed by atoms with Crippen LogP contribution in [0.5, 0.6) is 0 Å². The minimum atomic E-state index is -1.34. The molecule has 1 N–H and O–H groups in total. The van der Waals surface area contributed by atoms with Crippen molar-refractivity contribution in [1.82, 2.24) is 14.3 Å². The summed E-state index contributed by atoms with van der Waals surface area (Å²) in [7, 11) is 0. The molecule has 0 spiro atoms. The van der Waals surface area contributed by atoms with Crippen LogP contribution in [0.4, 0.5) is 4.39 Å². The highest BCUT2D eigenvalue weighted by atomic mass is 32.2. The molecule has 0 amide bonds. The van der Waals surface area contributed by atoms with Gasteiger partial charge in [0.2, 0.25) is 0 Å². The van der Waals surface area contributed by atoms with Crippen LogP contribution in [0.15, 0.2) is 16.9 Å². The van der Waals surface area contributed by atoms with Gasteiger partial charge in [-0.15, -0.1) is 4.72 Å². The van der Waals surface area contributed by atoms with Gasteiger partial charge in [0.25, 0.3) is 5.56 Å². The second-order valence-corrected chi connectivity index (χ2v) is 11.4. The maximum atomic E-state index is 14.5. The first kappa shape index (κ1) is 21.7. The molecule has 8 heteroatoms. The van der Waals surface area contributed by atoms with E-state index < -0.39 is 28.0 Å². The number of hydrogen-bond donors (Lipinski definition) is 1. The third-order valence-corrected chi connectivity index (χ3v) is 7.45. The van der Waals surface area contributed by atoms with E-state index in [4.69, 9.17) is 9.72 Å². The first-order valence-electron chi connectivity index (χ1n) is 10.7. The lowest BCUT2D eigenvalue weighted by molar-refractivity contribution is 0.0766. The fourth-order valence-corrected chi connectivity index (χ4v) is 4.76. The topological polar surface area (TPSA) is 79.2 Å². The molecule has 1 aromatic carbocycles. The summed E-state index contributed by atoms with van der Waals surface area (Å²) in [5.41, 5.74) is 0.860. The quantitative estimate of drug-likeness (QED) is 0.721. The molecule has 6 nitrogen and oxygen atoms in total. The van der Waals surface area contributed by atoms with Crippen molar-refractivity contribution in [2.75, 3.05) is 13.2 Å². The zero-order valence-corrected chi connectivity index (χ0v) is 18.9. The molecule has 1 aliphatic carbocycles. The van der Waals surface area contributed by atoms with E-state index in [0.717, 1.165) is 38.1 Å². The molecular formula is C22H30FN3O3S. The van der Waals surface area contributed by atoms with Gasteiger partial charge in [-0.25, -0.2) is 9.37 Å². The van der Waals surface area contributed by atoms with Crippen LogP contribution in [-0.4, -0.2) is 32.1 Å². The minimum Gasteiger partial charge on any atom is -0.598 e. The van der Waals surface area contributed by atoms with Crippen LogP contribution in [0.25, 0.3) is 10.9 Å². The van der Waals surface area contributed by atoms with Gasteiger partial charge >= 0.3 is 0 Å². The molecule has 1 aromatic heterocycles. The second-order valence-electron chi connectivity index (χ2n) is 9.40. The molecule has 1 unspecified atom stereocenters. The Labute approximate surface area is 179 Å². The fourth-order valence-electron chi connectivity index (χ4n) is 3.96. The molecule has 0 bridgehead atoms. The van der Waals surface area contributed by atoms with Crippen LogP contribution in [0.3, 0.4) is 0 Å². The van der Waals surface area contributed by atoms with E-state index in [1.165, 1.54) is 12.1 Å². The van der Waals surface area contributed by atoms with Crippen LogP contribution in [0.1, 0.15) is 82.8 Å². The lowest BCUT2D eigenvalue weighted by Crippen LogP contribution is -2.40. The van der Waals surface area contributed by atoms with Gasteiger partial charge in [-0.05, 0) is 65.5 Å². The van der Waals surface area contributed by atoms with Gasteiger partial charge in [0.05, 0.1) is 23.6 Å². The van der Waals surface area contributed by atoms with Crippen LogP contribution < -0.4 is 10.3 Å². The SMILES string of the molecule is C[C@@H](N[S@+]([O-])C(C)(C)C)c1cc(F)cc2c(=O)n(C3CC3)c(C3CCCOC3)nc12. The van der Waals surface area contributed by atoms with E-state index in [0.29, 0.717) is 17.7 Å². The number of hydrogen-bond acceptors (Lipinski definition) is 5. The summed E-state index contributed by atoms with van der Waals surface area (Å²) in [5, 5.41) is 0.285. The fraction of sp³-hybridized carbons (Fsp3) is 0.636. The summed E-state index contributed by atoms with van der Waals surface area (Å²) >= 11 is -1.34. The van der Waals surface area contributed by atoms with Crippen molar-refractivity contribution in [3.63, 3.8) is 0 Å². The van der Waals surface area contributed by atoms with Crippen LogP contribution >= 0.6 is 0 Å². The van der Waals surface area contributed by atoms with E-state index in [1.54, 1.807) is 4.57 Å². The average Bonchev–Trinajstić information content (AvgIpc) is 3.52. The molecule has 2 fully saturated rings. The van der Waals surface area contributed by atoms with Crippen molar-refractivity contribution in [3.05, 3.63) is 39.7 Å². The Morgan fingerprint density at radius 2 is 2.07 bits per heavy atom. The Bertz CT molecular complexity index is 994. The van der Waals surface area contributed by atoms with Gasteiger partial charge < -0.3 is 9.29 Å². The van der Waals surface area contributed by atoms with Crippen molar-refractivity contribution in [3.8, 4) is 0 Å². The van der Waals surface area contributed by atoms with Crippen molar-refractivity contribution in [1.29, 1.82) is 0 Å². The van der Waals surface area contributed by atoms with E-state index in [-0.39, 0.29) is 22.9 Å². The molecule has 2 aliphatic rings. The predicted molar refractivity (Wildman–Crippen MR) is 116 cm³/mol. The summed E-state index contributed by atoms with van der Waals surface area (Å²) in [5.74, 6) is 0.315. The summed E-state index contributed by atoms with van der Waals surface area (Å²) in [4.78, 5) is 18.3. The molecule has 1 aliphatic heterocycles. The first-order chi connectivity index (χ1) is 14.2. The number of nitrogens with zero attached hydrogens (tertiary/aromatic N) is 2. The molecule has 164 valence electrons. The molecule has 30 heavy (non-hydrogen) atoms. The highest BCUT2D eigenvalue weighted by Gasteiger charge is 2.34. The number of halogens is 1. The molecule has 0 radical (unpaired) electrons. The van der Waals surface area contributed by atoms with E-state index in [9.17, 15) is 13.7 Å². The summed E-state index contributed by atoms with van der Waals surface area (Å²) in [6, 6.07) is 2.39. The van der Waals surface area contributed by atoms with E-state index in [1.807, 2.05) is 27.7 Å². The smallest absolute Gasteiger partial charge is 0.261 e. The van der Waals surface area contributed by atoms with Gasteiger partial charge in [-0.3, -0.25) is 9.36 Å². The maximum absolute atomic E-state index is 14.5. The van der Waals surface area contributed by atoms with Gasteiger partial charge in [-0.1, -0.05) is 0 Å². The second kappa shape index (κ2) is 8.22. The molecule has 2 heterocycles. The molecular weight excluding hydrogens is 405 g/mol. The molecule has 4 rings (SSSR count). The largest absolute Gasteiger partial charge is 0.598 e. The van der Waals surface area contributed by atoms with Crippen molar-refractivity contribution >= 4 is 22.3 Å². The van der Waals surface area contributed by atoms with E-state index >= 15 is 0 Å². The van der Waals surface area contributed by atoms with E-state index in [2.05, 4.69) is 4.72 Å². The van der Waals surface area contributed by atoms with Crippen molar-refractivity contribution in [2.24, 2.45) is 0 Å². The Kier molecular flexibility index (Phi) is 5.96. The zero-order valence-electron chi connectivity index (χ0n) is 18.0. The highest BCUT2D eigenvalue weighted by molar-refractivity contribution is 7.90. The van der Waals surface area contributed by atoms with Crippen LogP contribution in [0.2, 0.25) is 0 Å². The molecule has 1 saturated heterocycles. The summed E-state index contributed by atoms with van der Waals surface area (Å²) in [6.07, 6.45) is 3.74. The minimum absolute atomic E-state index is 0.0568. The number of fused-ring (bicyclic) bond motifs is 1. The standard InChI is InChI=1S/C22H30FN3O3S/c1-13(25-30(28)22(2,3)4)17-10-15(23)11-18-19(17)24-20(14-6-5-9-29-12-14)26(21(18)27)16-7-8-16/h10-11,13-14,16,25H,5-9,12H2,1-4H3/t13-,14?,30-/m1/s1. The number of rotatable bonds is 5. The average molecular weight is 436 g/mol. The molecule has 2 aromatic rings. The lowest BCUT2D eigenvalue weighted by Gasteiger charge is -2.28. The Morgan fingerprint density at radius 3 is 2.67 bits per heavy atom. The monoisotopic (exact) mass is 435 g/mol. The Balaban J connectivity index is 1.85.